The van der Waals surface area contributed by atoms with Crippen LogP contribution in [0.1, 0.15) is 24.5 Å². The van der Waals surface area contributed by atoms with Gasteiger partial charge in [-0.2, -0.15) is 0 Å². The van der Waals surface area contributed by atoms with Gasteiger partial charge in [0, 0.05) is 30.8 Å². The number of para-hydroxylation sites is 1. The van der Waals surface area contributed by atoms with E-state index in [1.54, 1.807) is 54.6 Å². The average Bonchev–Trinajstić information content (AvgIpc) is 3.25. The van der Waals surface area contributed by atoms with Crippen LogP contribution in [0.3, 0.4) is 0 Å². The van der Waals surface area contributed by atoms with Crippen molar-refractivity contribution in [3.63, 3.8) is 0 Å². The number of anilines is 1. The van der Waals surface area contributed by atoms with E-state index < -0.39 is 28.9 Å². The number of likely N-dealkylation sites (tertiary alicyclic amines) is 1. The number of hydrogen-bond acceptors (Lipinski definition) is 6. The molecule has 0 saturated carbocycles. The van der Waals surface area contributed by atoms with Crippen LogP contribution in [-0.4, -0.2) is 72.8 Å². The topological polar surface area (TPSA) is 90.4 Å². The summed E-state index contributed by atoms with van der Waals surface area (Å²) in [6.07, 6.45) is 2.44. The zero-order valence-electron chi connectivity index (χ0n) is 20.9. The van der Waals surface area contributed by atoms with Gasteiger partial charge in [0.25, 0.3) is 17.6 Å². The molecule has 0 bridgehead atoms. The van der Waals surface area contributed by atoms with Gasteiger partial charge in [-0.05, 0) is 50.8 Å². The smallest absolute Gasteiger partial charge is 0.296 e. The molecule has 1 N–H and O–H groups in total. The summed E-state index contributed by atoms with van der Waals surface area (Å²) in [6, 6.07) is 13.7. The Morgan fingerprint density at radius 2 is 1.81 bits per heavy atom. The Kier molecular flexibility index (Phi) is 6.99. The second kappa shape index (κ2) is 9.99. The maximum atomic E-state index is 14.2. The van der Waals surface area contributed by atoms with Gasteiger partial charge in [0.1, 0.15) is 11.5 Å². The van der Waals surface area contributed by atoms with Gasteiger partial charge in [0.05, 0.1) is 17.9 Å². The number of Topliss-reactive ketones (excluding diaryl/α,β-unsaturated/α-hetero) is 1. The van der Waals surface area contributed by atoms with Crippen LogP contribution >= 0.6 is 0 Å². The molecule has 0 radical (unpaired) electrons. The van der Waals surface area contributed by atoms with Gasteiger partial charge in [-0.25, -0.2) is 0 Å². The van der Waals surface area contributed by atoms with Crippen LogP contribution < -0.4 is 9.64 Å². The number of aliphatic hydroxyl groups excluding tert-OH is 1. The molecule has 1 spiro atoms. The van der Waals surface area contributed by atoms with Crippen LogP contribution in [-0.2, 0) is 19.9 Å². The predicted octanol–water partition coefficient (Wildman–Crippen LogP) is 3.15. The monoisotopic (exact) mass is 489 g/mol. The average molecular weight is 490 g/mol. The molecule has 2 aromatic carbocycles. The molecule has 1 fully saturated rings. The lowest BCUT2D eigenvalue weighted by atomic mass is 9.82. The van der Waals surface area contributed by atoms with Crippen molar-refractivity contribution < 1.29 is 24.2 Å². The third-order valence-corrected chi connectivity index (χ3v) is 6.49. The highest BCUT2D eigenvalue weighted by Gasteiger charge is 2.66. The van der Waals surface area contributed by atoms with Gasteiger partial charge in [-0.3, -0.25) is 14.4 Å². The Labute approximate surface area is 211 Å². The Bertz CT molecular complexity index is 1230. The van der Waals surface area contributed by atoms with Crippen molar-refractivity contribution in [2.24, 2.45) is 0 Å². The van der Waals surface area contributed by atoms with E-state index in [9.17, 15) is 19.5 Å². The lowest BCUT2D eigenvalue weighted by Crippen LogP contribution is -2.53. The van der Waals surface area contributed by atoms with Crippen molar-refractivity contribution in [1.29, 1.82) is 0 Å². The Hall–Kier alpha value is -3.91. The first-order chi connectivity index (χ1) is 17.3. The highest BCUT2D eigenvalue weighted by molar-refractivity contribution is 6.50. The summed E-state index contributed by atoms with van der Waals surface area (Å²) < 4.78 is 5.62. The molecule has 0 aromatic heterocycles. The molecule has 2 amide bonds. The third-order valence-electron chi connectivity index (χ3n) is 6.49. The zero-order chi connectivity index (χ0) is 26.0. The molecular formula is C28H31N3O5. The molecule has 2 aliphatic heterocycles. The maximum absolute atomic E-state index is 14.2. The summed E-state index contributed by atoms with van der Waals surface area (Å²) in [5.41, 5.74) is -0.618. The minimum Gasteiger partial charge on any atom is -0.507 e. The lowest BCUT2D eigenvalue weighted by molar-refractivity contribution is -0.143. The summed E-state index contributed by atoms with van der Waals surface area (Å²) >= 11 is 0. The van der Waals surface area contributed by atoms with E-state index in [0.717, 1.165) is 6.42 Å². The number of fused-ring (bicyclic) bond motifs is 2. The minimum atomic E-state index is -1.77. The number of amides is 2. The second-order valence-electron chi connectivity index (χ2n) is 9.12. The molecule has 0 aliphatic carbocycles. The van der Waals surface area contributed by atoms with Crippen molar-refractivity contribution >= 4 is 29.0 Å². The van der Waals surface area contributed by atoms with Crippen LogP contribution in [0.5, 0.6) is 5.75 Å². The van der Waals surface area contributed by atoms with Gasteiger partial charge in [-0.1, -0.05) is 31.2 Å². The molecule has 8 nitrogen and oxygen atoms in total. The molecule has 0 unspecified atom stereocenters. The minimum absolute atomic E-state index is 0.125. The van der Waals surface area contributed by atoms with Crippen LogP contribution in [0.25, 0.3) is 5.76 Å². The summed E-state index contributed by atoms with van der Waals surface area (Å²) in [7, 11) is 3.69. The number of aliphatic hydroxyl groups is 1. The largest absolute Gasteiger partial charge is 0.507 e. The van der Waals surface area contributed by atoms with E-state index in [4.69, 9.17) is 4.74 Å². The molecule has 2 aliphatic rings. The standard InChI is InChI=1S/C28H31N3O5/c1-5-15-30-22-10-8-7-9-21(22)28(27(30)35)23(25(33)26(34)31(28)17-16-29(3)4)24(32)19-11-13-20(14-12-19)36-18-6-2/h5,7-14,32H,1,6,15-18H2,2-4H3/t28-/m1/s1. The number of benzene rings is 2. The van der Waals surface area contributed by atoms with Crippen molar-refractivity contribution in [2.45, 2.75) is 18.9 Å². The Morgan fingerprint density at radius 3 is 2.44 bits per heavy atom. The predicted molar refractivity (Wildman–Crippen MR) is 138 cm³/mol. The Balaban J connectivity index is 1.95. The molecule has 1 saturated heterocycles. The summed E-state index contributed by atoms with van der Waals surface area (Å²) in [4.78, 5) is 45.8. The first kappa shape index (κ1) is 25.2. The van der Waals surface area contributed by atoms with Crippen molar-refractivity contribution in [1.82, 2.24) is 9.80 Å². The molecule has 4 rings (SSSR count). The van der Waals surface area contributed by atoms with Crippen LogP contribution in [0.15, 0.2) is 66.8 Å². The van der Waals surface area contributed by atoms with E-state index >= 15 is 0 Å². The molecule has 36 heavy (non-hydrogen) atoms. The van der Waals surface area contributed by atoms with Gasteiger partial charge >= 0.3 is 0 Å². The number of ketones is 1. The van der Waals surface area contributed by atoms with Gasteiger partial charge < -0.3 is 24.5 Å². The number of hydrogen-bond donors (Lipinski definition) is 1. The number of nitrogens with zero attached hydrogens (tertiary/aromatic N) is 3. The molecular weight excluding hydrogens is 458 g/mol. The zero-order valence-corrected chi connectivity index (χ0v) is 20.9. The van der Waals surface area contributed by atoms with E-state index in [1.807, 2.05) is 25.9 Å². The maximum Gasteiger partial charge on any atom is 0.296 e. The van der Waals surface area contributed by atoms with E-state index in [2.05, 4.69) is 6.58 Å². The van der Waals surface area contributed by atoms with E-state index in [1.165, 1.54) is 9.80 Å². The van der Waals surface area contributed by atoms with Gasteiger partial charge in [-0.15, -0.1) is 6.58 Å². The lowest BCUT2D eigenvalue weighted by Gasteiger charge is -2.35. The summed E-state index contributed by atoms with van der Waals surface area (Å²) in [5.74, 6) is -1.95. The van der Waals surface area contributed by atoms with E-state index in [-0.39, 0.29) is 18.7 Å². The van der Waals surface area contributed by atoms with Crippen LogP contribution in [0.4, 0.5) is 5.69 Å². The van der Waals surface area contributed by atoms with Crippen LogP contribution in [0, 0.1) is 0 Å². The number of carbonyl (C=O) groups is 3. The molecule has 8 heteroatoms. The quantitative estimate of drug-likeness (QED) is 0.252. The number of ether oxygens (including phenoxy) is 1. The summed E-state index contributed by atoms with van der Waals surface area (Å²) in [6.45, 7) is 7.06. The number of likely N-dealkylation sites (N-methyl/N-ethyl adjacent to an activating group) is 1. The molecule has 188 valence electrons. The van der Waals surface area contributed by atoms with Gasteiger partial charge in [0.2, 0.25) is 0 Å². The molecule has 2 aromatic rings. The first-order valence-corrected chi connectivity index (χ1v) is 12.0. The van der Waals surface area contributed by atoms with Crippen molar-refractivity contribution in [2.75, 3.05) is 45.2 Å². The van der Waals surface area contributed by atoms with Crippen molar-refractivity contribution in [3.05, 3.63) is 77.9 Å². The SMILES string of the molecule is C=CCN1C(=O)[C@]2(C(=C(O)c3ccc(OCCC)cc3)C(=O)C(=O)N2CCN(C)C)c2ccccc21. The second-order valence-corrected chi connectivity index (χ2v) is 9.12. The third kappa shape index (κ3) is 3.87. The summed E-state index contributed by atoms with van der Waals surface area (Å²) in [5, 5.41) is 11.5. The fraction of sp³-hybridized carbons (Fsp3) is 0.321. The highest BCUT2D eigenvalue weighted by Crippen LogP contribution is 2.53. The van der Waals surface area contributed by atoms with E-state index in [0.29, 0.717) is 35.7 Å². The fourth-order valence-corrected chi connectivity index (χ4v) is 4.85. The highest BCUT2D eigenvalue weighted by atomic mass is 16.5. The number of carbonyl (C=O) groups excluding carboxylic acids is 3. The first-order valence-electron chi connectivity index (χ1n) is 12.0. The van der Waals surface area contributed by atoms with Crippen molar-refractivity contribution in [3.8, 4) is 5.75 Å². The molecule has 1 atom stereocenters. The fourth-order valence-electron chi connectivity index (χ4n) is 4.85. The molecule has 2 heterocycles. The Morgan fingerprint density at radius 1 is 1.11 bits per heavy atom. The number of rotatable bonds is 9. The normalized spacial score (nSPS) is 20.5. The van der Waals surface area contributed by atoms with Crippen LogP contribution in [0.2, 0.25) is 0 Å². The van der Waals surface area contributed by atoms with Gasteiger partial charge in [0.15, 0.2) is 5.54 Å².